The summed E-state index contributed by atoms with van der Waals surface area (Å²) in [4.78, 5) is 17.9. The van der Waals surface area contributed by atoms with Crippen molar-refractivity contribution in [1.82, 2.24) is 9.80 Å². The maximum atomic E-state index is 12.3. The minimum atomic E-state index is -0.430. The first-order chi connectivity index (χ1) is 10.3. The second kappa shape index (κ2) is 7.01. The molecule has 4 nitrogen and oxygen atoms in total. The zero-order valence-corrected chi connectivity index (χ0v) is 15.2. The molecule has 0 radical (unpaired) electrons. The summed E-state index contributed by atoms with van der Waals surface area (Å²) in [5.41, 5.74) is -0.430. The Kier molecular flexibility index (Phi) is 5.50. The van der Waals surface area contributed by atoms with Crippen molar-refractivity contribution in [2.75, 3.05) is 20.1 Å². The first-order valence-electron chi connectivity index (χ1n) is 8.01. The zero-order valence-electron chi connectivity index (χ0n) is 14.3. The predicted octanol–water partition coefficient (Wildman–Crippen LogP) is 4.14. The normalized spacial score (nSPS) is 20.5. The standard InChI is InChI=1S/C17H28N2O2S/c1-13(15-9-7-11-22-15)18(5)12-14-8-6-10-19(14)16(20)21-17(2,3)4/h7,9,11,13-14H,6,8,10,12H2,1-5H3/t13-,14-/m1/s1. The van der Waals surface area contributed by atoms with Crippen LogP contribution in [0.5, 0.6) is 0 Å². The van der Waals surface area contributed by atoms with Crippen molar-refractivity contribution < 1.29 is 9.53 Å². The Balaban J connectivity index is 1.94. The Morgan fingerprint density at radius 3 is 2.86 bits per heavy atom. The quantitative estimate of drug-likeness (QED) is 0.834. The largest absolute Gasteiger partial charge is 0.444 e. The molecule has 0 N–H and O–H groups in total. The molecule has 1 aromatic rings. The van der Waals surface area contributed by atoms with E-state index in [4.69, 9.17) is 4.74 Å². The van der Waals surface area contributed by atoms with Crippen LogP contribution in [0.1, 0.15) is 51.5 Å². The summed E-state index contributed by atoms with van der Waals surface area (Å²) in [6.45, 7) is 9.67. The minimum Gasteiger partial charge on any atom is -0.444 e. The van der Waals surface area contributed by atoms with E-state index in [2.05, 4.69) is 36.4 Å². The third-order valence-corrected chi connectivity index (χ3v) is 5.16. The van der Waals surface area contributed by atoms with Crippen LogP contribution >= 0.6 is 11.3 Å². The second-order valence-electron chi connectivity index (χ2n) is 7.10. The molecule has 0 aromatic carbocycles. The van der Waals surface area contributed by atoms with Crippen LogP contribution in [0.3, 0.4) is 0 Å². The molecule has 0 spiro atoms. The molecule has 0 unspecified atom stereocenters. The van der Waals surface area contributed by atoms with Gasteiger partial charge in [0.05, 0.1) is 0 Å². The molecular formula is C17H28N2O2S. The summed E-state index contributed by atoms with van der Waals surface area (Å²) < 4.78 is 5.54. The van der Waals surface area contributed by atoms with Gasteiger partial charge in [-0.3, -0.25) is 4.90 Å². The number of ether oxygens (including phenoxy) is 1. The highest BCUT2D eigenvalue weighted by Crippen LogP contribution is 2.27. The summed E-state index contributed by atoms with van der Waals surface area (Å²) >= 11 is 1.79. The van der Waals surface area contributed by atoms with Gasteiger partial charge in [0.25, 0.3) is 0 Å². The molecule has 0 aliphatic carbocycles. The van der Waals surface area contributed by atoms with Crippen LogP contribution in [0, 0.1) is 0 Å². The number of likely N-dealkylation sites (N-methyl/N-ethyl adjacent to an activating group) is 1. The third-order valence-electron chi connectivity index (χ3n) is 4.12. The monoisotopic (exact) mass is 324 g/mol. The maximum absolute atomic E-state index is 12.3. The Morgan fingerprint density at radius 1 is 1.55 bits per heavy atom. The van der Waals surface area contributed by atoms with Crippen LogP contribution in [-0.2, 0) is 4.74 Å². The van der Waals surface area contributed by atoms with E-state index in [1.807, 2.05) is 25.7 Å². The lowest BCUT2D eigenvalue weighted by Crippen LogP contribution is -2.44. The summed E-state index contributed by atoms with van der Waals surface area (Å²) in [6, 6.07) is 4.89. The zero-order chi connectivity index (χ0) is 16.3. The molecule has 0 bridgehead atoms. The average molecular weight is 324 g/mol. The minimum absolute atomic E-state index is 0.174. The van der Waals surface area contributed by atoms with Crippen LogP contribution in [0.2, 0.25) is 0 Å². The highest BCUT2D eigenvalue weighted by molar-refractivity contribution is 7.10. The fraction of sp³-hybridized carbons (Fsp3) is 0.706. The van der Waals surface area contributed by atoms with Gasteiger partial charge in [0.15, 0.2) is 0 Å². The number of hydrogen-bond donors (Lipinski definition) is 0. The van der Waals surface area contributed by atoms with Gasteiger partial charge in [0.1, 0.15) is 5.60 Å². The number of carbonyl (C=O) groups excluding carboxylic acids is 1. The van der Waals surface area contributed by atoms with Crippen molar-refractivity contribution in [2.45, 2.75) is 58.2 Å². The SMILES string of the molecule is C[C@H](c1cccs1)N(C)C[C@H]1CCCN1C(=O)OC(C)(C)C. The van der Waals surface area contributed by atoms with Crippen molar-refractivity contribution in [3.63, 3.8) is 0 Å². The molecule has 2 rings (SSSR count). The number of rotatable bonds is 4. The van der Waals surface area contributed by atoms with E-state index in [1.54, 1.807) is 11.3 Å². The Labute approximate surface area is 138 Å². The summed E-state index contributed by atoms with van der Waals surface area (Å²) in [5.74, 6) is 0. The van der Waals surface area contributed by atoms with Crippen molar-refractivity contribution >= 4 is 17.4 Å². The number of nitrogens with zero attached hydrogens (tertiary/aromatic N) is 2. The maximum Gasteiger partial charge on any atom is 0.410 e. The van der Waals surface area contributed by atoms with Crippen LogP contribution in [0.25, 0.3) is 0 Å². The number of hydrogen-bond acceptors (Lipinski definition) is 4. The Hall–Kier alpha value is -1.07. The van der Waals surface area contributed by atoms with E-state index in [-0.39, 0.29) is 12.1 Å². The lowest BCUT2D eigenvalue weighted by molar-refractivity contribution is 0.0194. The summed E-state index contributed by atoms with van der Waals surface area (Å²) in [6.07, 6.45) is 1.94. The second-order valence-corrected chi connectivity index (χ2v) is 8.08. The van der Waals surface area contributed by atoms with Crippen LogP contribution in [0.15, 0.2) is 17.5 Å². The smallest absolute Gasteiger partial charge is 0.410 e. The molecule has 22 heavy (non-hydrogen) atoms. The highest BCUT2D eigenvalue weighted by atomic mass is 32.1. The van der Waals surface area contributed by atoms with Gasteiger partial charge in [-0.2, -0.15) is 0 Å². The van der Waals surface area contributed by atoms with Gasteiger partial charge >= 0.3 is 6.09 Å². The lowest BCUT2D eigenvalue weighted by atomic mass is 10.1. The van der Waals surface area contributed by atoms with Gasteiger partial charge in [-0.25, -0.2) is 4.79 Å². The van der Waals surface area contributed by atoms with E-state index in [0.717, 1.165) is 25.9 Å². The van der Waals surface area contributed by atoms with E-state index in [0.29, 0.717) is 6.04 Å². The summed E-state index contributed by atoms with van der Waals surface area (Å²) in [5, 5.41) is 2.11. The highest BCUT2D eigenvalue weighted by Gasteiger charge is 2.33. The number of likely N-dealkylation sites (tertiary alicyclic amines) is 1. The summed E-state index contributed by atoms with van der Waals surface area (Å²) in [7, 11) is 2.13. The van der Waals surface area contributed by atoms with Crippen molar-refractivity contribution in [1.29, 1.82) is 0 Å². The van der Waals surface area contributed by atoms with E-state index >= 15 is 0 Å². The van der Waals surface area contributed by atoms with Crippen LogP contribution in [-0.4, -0.2) is 47.7 Å². The first-order valence-corrected chi connectivity index (χ1v) is 8.89. The van der Waals surface area contributed by atoms with Crippen molar-refractivity contribution in [2.24, 2.45) is 0 Å². The molecule has 1 aliphatic heterocycles. The molecule has 5 heteroatoms. The fourth-order valence-corrected chi connectivity index (χ4v) is 3.67. The van der Waals surface area contributed by atoms with Crippen molar-refractivity contribution in [3.05, 3.63) is 22.4 Å². The van der Waals surface area contributed by atoms with Gasteiger partial charge in [-0.05, 0) is 59.0 Å². The molecule has 1 aliphatic rings. The molecule has 1 saturated heterocycles. The predicted molar refractivity (Wildman–Crippen MR) is 91.3 cm³/mol. The van der Waals surface area contributed by atoms with E-state index in [9.17, 15) is 4.79 Å². The number of carbonyl (C=O) groups is 1. The number of amides is 1. The molecule has 0 saturated carbocycles. The van der Waals surface area contributed by atoms with Crippen molar-refractivity contribution in [3.8, 4) is 0 Å². The van der Waals surface area contributed by atoms with Gasteiger partial charge in [0.2, 0.25) is 0 Å². The van der Waals surface area contributed by atoms with Crippen LogP contribution in [0.4, 0.5) is 4.79 Å². The molecule has 1 amide bonds. The topological polar surface area (TPSA) is 32.8 Å². The molecule has 1 fully saturated rings. The Bertz CT molecular complexity index is 481. The number of thiophene rings is 1. The molecular weight excluding hydrogens is 296 g/mol. The van der Waals surface area contributed by atoms with Gasteiger partial charge in [-0.1, -0.05) is 6.07 Å². The lowest BCUT2D eigenvalue weighted by Gasteiger charge is -2.32. The molecule has 124 valence electrons. The van der Waals surface area contributed by atoms with Gasteiger partial charge < -0.3 is 9.64 Å². The van der Waals surface area contributed by atoms with Crippen LogP contribution < -0.4 is 0 Å². The van der Waals surface area contributed by atoms with Gasteiger partial charge in [0, 0.05) is 30.1 Å². The Morgan fingerprint density at radius 2 is 2.27 bits per heavy atom. The van der Waals surface area contributed by atoms with E-state index in [1.165, 1.54) is 4.88 Å². The third kappa shape index (κ3) is 4.46. The molecule has 2 heterocycles. The van der Waals surface area contributed by atoms with E-state index < -0.39 is 5.60 Å². The molecule has 1 aromatic heterocycles. The van der Waals surface area contributed by atoms with Gasteiger partial charge in [-0.15, -0.1) is 11.3 Å². The average Bonchev–Trinajstić information content (AvgIpc) is 3.06. The molecule has 2 atom stereocenters. The fourth-order valence-electron chi connectivity index (χ4n) is 2.82. The first kappa shape index (κ1) is 17.3.